The number of carbonyl (C=O) groups is 4. The van der Waals surface area contributed by atoms with Crippen LogP contribution in [0.2, 0.25) is 0 Å². The number of rotatable bonds is 12. The van der Waals surface area contributed by atoms with Gasteiger partial charge in [0.2, 0.25) is 4.87 Å². The van der Waals surface area contributed by atoms with E-state index < -0.39 is 63.2 Å². The summed E-state index contributed by atoms with van der Waals surface area (Å²) in [5, 5.41) is 12.2. The highest BCUT2D eigenvalue weighted by Crippen LogP contribution is 2.44. The van der Waals surface area contributed by atoms with Crippen LogP contribution in [0.1, 0.15) is 35.1 Å². The van der Waals surface area contributed by atoms with Crippen LogP contribution in [0.5, 0.6) is 0 Å². The number of carboxylic acids is 1. The van der Waals surface area contributed by atoms with Gasteiger partial charge in [-0.2, -0.15) is 0 Å². The van der Waals surface area contributed by atoms with Gasteiger partial charge in [0.15, 0.2) is 0 Å². The van der Waals surface area contributed by atoms with Crippen molar-refractivity contribution in [2.45, 2.75) is 42.6 Å². The summed E-state index contributed by atoms with van der Waals surface area (Å²) in [7, 11) is -5.51. The Morgan fingerprint density at radius 2 is 1.33 bits per heavy atom. The number of carbonyl (C=O) groups excluding carboxylic acids is 3. The first-order valence-corrected chi connectivity index (χ1v) is 16.9. The molecule has 6 N–H and O–H groups in total. The number of aliphatic carboxylic acids is 1. The lowest BCUT2D eigenvalue weighted by Crippen LogP contribution is -2.68. The molecule has 0 fully saturated rings. The number of fused-ring (bicyclic) bond motifs is 3. The Kier molecular flexibility index (Phi) is 10.3. The van der Waals surface area contributed by atoms with Crippen LogP contribution in [0.25, 0.3) is 11.1 Å². The Morgan fingerprint density at radius 3 is 1.84 bits per heavy atom. The second kappa shape index (κ2) is 14.4. The van der Waals surface area contributed by atoms with E-state index in [2.05, 4.69) is 5.32 Å². The quantitative estimate of drug-likeness (QED) is 0.172. The van der Waals surface area contributed by atoms with Crippen molar-refractivity contribution in [2.24, 2.45) is 11.5 Å². The Labute approximate surface area is 283 Å². The molecule has 254 valence electrons. The number of imide groups is 1. The van der Waals surface area contributed by atoms with Crippen LogP contribution in [0.15, 0.2) is 109 Å². The van der Waals surface area contributed by atoms with Gasteiger partial charge in [-0.3, -0.25) is 9.59 Å². The summed E-state index contributed by atoms with van der Waals surface area (Å²) < 4.78 is 34.3. The number of hydrogen-bond donors (Lipinski definition) is 4. The molecule has 0 aromatic heterocycles. The van der Waals surface area contributed by atoms with E-state index in [1.807, 2.05) is 48.5 Å². The first-order valence-electron chi connectivity index (χ1n) is 15.4. The molecule has 0 spiro atoms. The zero-order valence-electron chi connectivity index (χ0n) is 26.6. The summed E-state index contributed by atoms with van der Waals surface area (Å²) >= 11 is 0. The fourth-order valence-corrected chi connectivity index (χ4v) is 7.45. The van der Waals surface area contributed by atoms with Crippen molar-refractivity contribution in [3.8, 4) is 11.1 Å². The molecule has 0 bridgehead atoms. The molecular formula is C36H36N4O8S. The Hall–Kier alpha value is -5.37. The monoisotopic (exact) mass is 684 g/mol. The Morgan fingerprint density at radius 1 is 0.837 bits per heavy atom. The summed E-state index contributed by atoms with van der Waals surface area (Å²) in [6, 6.07) is 27.9. The predicted octanol–water partition coefficient (Wildman–Crippen LogP) is 3.15. The van der Waals surface area contributed by atoms with Gasteiger partial charge >= 0.3 is 12.1 Å². The number of sulfonamides is 1. The minimum absolute atomic E-state index is 0.208. The van der Waals surface area contributed by atoms with E-state index in [4.69, 9.17) is 16.2 Å². The summed E-state index contributed by atoms with van der Waals surface area (Å²) in [6.07, 6.45) is -2.56. The second-order valence-corrected chi connectivity index (χ2v) is 13.9. The van der Waals surface area contributed by atoms with Crippen LogP contribution in [-0.2, 0) is 42.0 Å². The third-order valence-corrected chi connectivity index (χ3v) is 10.4. The van der Waals surface area contributed by atoms with Gasteiger partial charge in [0, 0.05) is 18.8 Å². The maximum atomic E-state index is 14.5. The number of nitrogens with one attached hydrogen (secondary N) is 1. The molecule has 4 aromatic rings. The lowest BCUT2D eigenvalue weighted by atomic mass is 9.98. The molecule has 12 nitrogen and oxygen atoms in total. The number of hydrogen-bond acceptors (Lipinski definition) is 9. The van der Waals surface area contributed by atoms with Gasteiger partial charge in [-0.05, 0) is 40.3 Å². The minimum atomic E-state index is -5.51. The summed E-state index contributed by atoms with van der Waals surface area (Å²) in [5.74, 6) is -4.80. The van der Waals surface area contributed by atoms with Gasteiger partial charge in [0.05, 0.1) is 6.04 Å². The molecule has 49 heavy (non-hydrogen) atoms. The average Bonchev–Trinajstić information content (AvgIpc) is 3.41. The standard InChI is InChI=1S/C36H36N4O8S/c1-23(37)32(41)40(35(45)48-22-30-28-18-10-8-16-26(28)27-17-9-11-19-29(27)30)49(46,47)36(38,21-25-14-6-3-7-15-25)34(44)39-31(33(42)43)20-24-12-4-2-5-13-24/h2-19,23,30-31H,20-22,37-38H2,1H3,(H,39,44)(H,42,43)/t23-,31+,36+/m0/s1. The van der Waals surface area contributed by atoms with Crippen molar-refractivity contribution in [1.29, 1.82) is 0 Å². The predicted molar refractivity (Wildman–Crippen MR) is 181 cm³/mol. The van der Waals surface area contributed by atoms with Crippen LogP contribution in [0.3, 0.4) is 0 Å². The number of nitrogens with two attached hydrogens (primary N) is 2. The maximum absolute atomic E-state index is 14.5. The Balaban J connectivity index is 1.50. The third kappa shape index (κ3) is 7.09. The van der Waals surface area contributed by atoms with Crippen LogP contribution >= 0.6 is 0 Å². The van der Waals surface area contributed by atoms with Crippen LogP contribution in [0.4, 0.5) is 4.79 Å². The number of amides is 3. The van der Waals surface area contributed by atoms with Gasteiger partial charge in [0.1, 0.15) is 12.6 Å². The molecular weight excluding hydrogens is 648 g/mol. The normalized spacial score (nSPS) is 14.8. The summed E-state index contributed by atoms with van der Waals surface area (Å²) in [5.41, 5.74) is 16.6. The minimum Gasteiger partial charge on any atom is -0.480 e. The lowest BCUT2D eigenvalue weighted by molar-refractivity contribution is -0.142. The van der Waals surface area contributed by atoms with Crippen LogP contribution in [0, 0.1) is 0 Å². The topological polar surface area (TPSA) is 199 Å². The van der Waals surface area contributed by atoms with E-state index in [1.165, 1.54) is 12.1 Å². The SMILES string of the molecule is C[C@H](N)C(=O)N(C(=O)OCC1c2ccccc2-c2ccccc21)S(=O)(=O)[C@](N)(Cc1ccccc1)C(=O)N[C@H](Cc1ccccc1)C(=O)O. The fraction of sp³-hybridized carbons (Fsp3) is 0.222. The summed E-state index contributed by atoms with van der Waals surface area (Å²) in [6.45, 7) is 0.809. The average molecular weight is 685 g/mol. The van der Waals surface area contributed by atoms with E-state index in [0.29, 0.717) is 5.56 Å². The molecule has 1 aliphatic carbocycles. The molecule has 0 unspecified atom stereocenters. The molecule has 13 heteroatoms. The van der Waals surface area contributed by atoms with E-state index in [9.17, 15) is 32.7 Å². The number of benzene rings is 4. The van der Waals surface area contributed by atoms with Gasteiger partial charge < -0.3 is 26.6 Å². The highest BCUT2D eigenvalue weighted by molar-refractivity contribution is 7.92. The number of nitrogens with zero attached hydrogens (tertiary/aromatic N) is 1. The molecule has 5 rings (SSSR count). The maximum Gasteiger partial charge on any atom is 0.430 e. The van der Waals surface area contributed by atoms with Crippen molar-refractivity contribution in [3.05, 3.63) is 131 Å². The molecule has 0 heterocycles. The summed E-state index contributed by atoms with van der Waals surface area (Å²) in [4.78, 5) is 50.4. The molecule has 0 aliphatic heterocycles. The number of ether oxygens (including phenoxy) is 1. The van der Waals surface area contributed by atoms with Gasteiger partial charge in [-0.1, -0.05) is 109 Å². The van der Waals surface area contributed by atoms with Crippen LogP contribution < -0.4 is 16.8 Å². The number of carboxylic acid groups (broad SMARTS) is 1. The van der Waals surface area contributed by atoms with Crippen molar-refractivity contribution in [2.75, 3.05) is 6.61 Å². The molecule has 0 saturated carbocycles. The molecule has 0 saturated heterocycles. The Bertz CT molecular complexity index is 1930. The lowest BCUT2D eigenvalue weighted by Gasteiger charge is -2.34. The molecule has 1 aliphatic rings. The molecule has 3 atom stereocenters. The van der Waals surface area contributed by atoms with E-state index in [1.54, 1.807) is 48.5 Å². The highest BCUT2D eigenvalue weighted by atomic mass is 32.2. The van der Waals surface area contributed by atoms with Crippen molar-refractivity contribution in [1.82, 2.24) is 9.62 Å². The van der Waals surface area contributed by atoms with Gasteiger partial charge in [0.25, 0.3) is 21.8 Å². The van der Waals surface area contributed by atoms with Crippen molar-refractivity contribution in [3.63, 3.8) is 0 Å². The molecule has 3 amide bonds. The first-order chi connectivity index (χ1) is 23.3. The third-order valence-electron chi connectivity index (χ3n) is 8.37. The van der Waals surface area contributed by atoms with Crippen molar-refractivity contribution >= 4 is 33.9 Å². The van der Waals surface area contributed by atoms with Crippen LogP contribution in [-0.4, -0.2) is 65.3 Å². The van der Waals surface area contributed by atoms with Gasteiger partial charge in [-0.15, -0.1) is 4.31 Å². The van der Waals surface area contributed by atoms with E-state index in [-0.39, 0.29) is 22.9 Å². The van der Waals surface area contributed by atoms with E-state index in [0.717, 1.165) is 29.2 Å². The van der Waals surface area contributed by atoms with E-state index >= 15 is 0 Å². The second-order valence-electron chi connectivity index (χ2n) is 11.8. The first kappa shape index (κ1) is 35.0. The zero-order chi connectivity index (χ0) is 35.3. The molecule has 0 radical (unpaired) electrons. The molecule has 4 aromatic carbocycles. The van der Waals surface area contributed by atoms with Gasteiger partial charge in [-0.25, -0.2) is 18.0 Å². The van der Waals surface area contributed by atoms with Crippen molar-refractivity contribution < 1.29 is 37.4 Å². The largest absolute Gasteiger partial charge is 0.480 e. The smallest absolute Gasteiger partial charge is 0.430 e. The highest BCUT2D eigenvalue weighted by Gasteiger charge is 2.55. The fourth-order valence-electron chi connectivity index (χ4n) is 5.83. The zero-order valence-corrected chi connectivity index (χ0v) is 27.4.